The Morgan fingerprint density at radius 2 is 2.08 bits per heavy atom. The highest BCUT2D eigenvalue weighted by molar-refractivity contribution is 7.92. The van der Waals surface area contributed by atoms with Gasteiger partial charge >= 0.3 is 10.2 Å². The van der Waals surface area contributed by atoms with E-state index in [1.54, 1.807) is 4.72 Å². The Morgan fingerprint density at radius 1 is 1.33 bits per heavy atom. The zero-order valence-electron chi connectivity index (χ0n) is 12.9. The summed E-state index contributed by atoms with van der Waals surface area (Å²) in [6.07, 6.45) is 2.97. The van der Waals surface area contributed by atoms with E-state index in [9.17, 15) is 22.7 Å². The third-order valence-electron chi connectivity index (χ3n) is 5.30. The molecule has 2 aliphatic heterocycles. The van der Waals surface area contributed by atoms with E-state index in [-0.39, 0.29) is 11.3 Å². The fraction of sp³-hybridized carbons (Fsp3) is 0.533. The minimum Gasteiger partial charge on any atom is -0.506 e. The number of benzene rings is 1. The van der Waals surface area contributed by atoms with Crippen LogP contribution in [0.1, 0.15) is 30.7 Å². The molecule has 1 aliphatic carbocycles. The summed E-state index contributed by atoms with van der Waals surface area (Å²) in [6, 6.07) is 2.68. The number of hydrogen-bond acceptors (Lipinski definition) is 5. The molecular weight excluding hydrogens is 337 g/mol. The van der Waals surface area contributed by atoms with Crippen LogP contribution in [0.4, 0.5) is 10.1 Å². The van der Waals surface area contributed by atoms with Crippen LogP contribution in [0.2, 0.25) is 0 Å². The van der Waals surface area contributed by atoms with E-state index in [2.05, 4.69) is 5.32 Å². The number of nitrogens with zero attached hydrogens (tertiary/aromatic N) is 1. The van der Waals surface area contributed by atoms with Crippen LogP contribution in [0.5, 0.6) is 5.75 Å². The van der Waals surface area contributed by atoms with Crippen molar-refractivity contribution in [1.82, 2.24) is 10.0 Å². The van der Waals surface area contributed by atoms with Crippen LogP contribution in [0.25, 0.3) is 0 Å². The van der Waals surface area contributed by atoms with Gasteiger partial charge in [0.05, 0.1) is 0 Å². The molecule has 1 aromatic rings. The number of rotatable bonds is 2. The van der Waals surface area contributed by atoms with Gasteiger partial charge in [-0.3, -0.25) is 4.79 Å². The van der Waals surface area contributed by atoms with Crippen molar-refractivity contribution in [3.63, 3.8) is 0 Å². The maximum atomic E-state index is 14.5. The first-order valence-corrected chi connectivity index (χ1v) is 9.30. The molecule has 1 saturated carbocycles. The molecule has 1 amide bonds. The number of aromatic hydroxyl groups is 1. The van der Waals surface area contributed by atoms with Gasteiger partial charge in [0.2, 0.25) is 0 Å². The second-order valence-corrected chi connectivity index (χ2v) is 8.53. The van der Waals surface area contributed by atoms with Crippen molar-refractivity contribution in [1.29, 1.82) is 0 Å². The van der Waals surface area contributed by atoms with Crippen LogP contribution >= 0.6 is 0 Å². The van der Waals surface area contributed by atoms with E-state index in [1.165, 1.54) is 12.1 Å². The summed E-state index contributed by atoms with van der Waals surface area (Å²) in [5.41, 5.74) is 0.472. The third-order valence-corrected chi connectivity index (χ3v) is 6.68. The molecule has 24 heavy (non-hydrogen) atoms. The molecule has 4 rings (SSSR count). The fourth-order valence-electron chi connectivity index (χ4n) is 4.10. The number of phenolic OH excluding ortho intramolecular Hbond substituents is 1. The summed E-state index contributed by atoms with van der Waals surface area (Å²) in [6.45, 7) is 1.43. The molecule has 3 N–H and O–H groups in total. The van der Waals surface area contributed by atoms with Gasteiger partial charge in [-0.1, -0.05) is 0 Å². The van der Waals surface area contributed by atoms with Crippen molar-refractivity contribution in [2.45, 2.75) is 25.2 Å². The van der Waals surface area contributed by atoms with Crippen LogP contribution in [-0.4, -0.2) is 39.1 Å². The smallest absolute Gasteiger partial charge is 0.326 e. The van der Waals surface area contributed by atoms with Gasteiger partial charge in [0, 0.05) is 6.54 Å². The normalized spacial score (nSPS) is 31.3. The lowest BCUT2D eigenvalue weighted by Gasteiger charge is -2.45. The molecule has 0 bridgehead atoms. The SMILES string of the molecule is O=C1CN(c2c(O)cc(C3CC4(CCNC4)C3)cc2F)S(=O)(=O)N1. The quantitative estimate of drug-likeness (QED) is 0.720. The standard InChI is InChI=1S/C15H18FN3O4S/c16-11-3-9(10-5-15(6-10)1-2-17-8-15)4-12(20)14(11)19-7-13(21)18-24(19,22)23/h3-4,10,17,20H,1-2,5-8H2,(H,18,21). The predicted octanol–water partition coefficient (Wildman–Crippen LogP) is 0.569. The molecule has 7 nitrogen and oxygen atoms in total. The van der Waals surface area contributed by atoms with Crippen LogP contribution in [0, 0.1) is 11.2 Å². The molecule has 0 atom stereocenters. The minimum absolute atomic E-state index is 0.161. The summed E-state index contributed by atoms with van der Waals surface area (Å²) in [5.74, 6) is -1.90. The van der Waals surface area contributed by atoms with Crippen molar-refractivity contribution >= 4 is 21.8 Å². The van der Waals surface area contributed by atoms with Gasteiger partial charge in [0.25, 0.3) is 5.91 Å². The molecular formula is C15H18FN3O4S. The van der Waals surface area contributed by atoms with Gasteiger partial charge in [-0.15, -0.1) is 0 Å². The molecule has 2 saturated heterocycles. The van der Waals surface area contributed by atoms with Crippen molar-refractivity contribution in [2.24, 2.45) is 5.41 Å². The maximum Gasteiger partial charge on any atom is 0.326 e. The second kappa shape index (κ2) is 5.06. The Bertz CT molecular complexity index is 789. The number of carbonyl (C=O) groups excluding carboxylic acids is 1. The minimum atomic E-state index is -4.15. The van der Waals surface area contributed by atoms with E-state index in [0.717, 1.165) is 32.4 Å². The second-order valence-electron chi connectivity index (χ2n) is 6.94. The van der Waals surface area contributed by atoms with Gasteiger partial charge in [-0.05, 0) is 54.8 Å². The largest absolute Gasteiger partial charge is 0.506 e. The average Bonchev–Trinajstić information content (AvgIpc) is 3.01. The molecule has 1 spiro atoms. The van der Waals surface area contributed by atoms with E-state index in [0.29, 0.717) is 9.87 Å². The first-order valence-electron chi connectivity index (χ1n) is 7.86. The molecule has 0 radical (unpaired) electrons. The van der Waals surface area contributed by atoms with Crippen molar-refractivity contribution in [3.8, 4) is 5.75 Å². The van der Waals surface area contributed by atoms with E-state index in [4.69, 9.17) is 0 Å². The topological polar surface area (TPSA) is 98.7 Å². The summed E-state index contributed by atoms with van der Waals surface area (Å²) in [5, 5.41) is 13.5. The summed E-state index contributed by atoms with van der Waals surface area (Å²) < 4.78 is 40.5. The monoisotopic (exact) mass is 355 g/mol. The highest BCUT2D eigenvalue weighted by Crippen LogP contribution is 2.55. The number of phenols is 1. The van der Waals surface area contributed by atoms with Gasteiger partial charge < -0.3 is 10.4 Å². The Kier molecular flexibility index (Phi) is 3.30. The van der Waals surface area contributed by atoms with Crippen LogP contribution < -0.4 is 14.3 Å². The zero-order chi connectivity index (χ0) is 17.1. The number of halogens is 1. The Hall–Kier alpha value is -1.87. The van der Waals surface area contributed by atoms with E-state index >= 15 is 0 Å². The third kappa shape index (κ3) is 2.34. The number of nitrogens with one attached hydrogen (secondary N) is 2. The Balaban J connectivity index is 1.62. The van der Waals surface area contributed by atoms with Gasteiger partial charge in [0.1, 0.15) is 18.0 Å². The highest BCUT2D eigenvalue weighted by Gasteiger charge is 2.46. The molecule has 3 fully saturated rings. The Labute approximate surface area is 139 Å². The first kappa shape index (κ1) is 15.6. The summed E-state index contributed by atoms with van der Waals surface area (Å²) in [4.78, 5) is 11.3. The maximum absolute atomic E-state index is 14.5. The van der Waals surface area contributed by atoms with Crippen molar-refractivity contribution < 1.29 is 22.7 Å². The molecule has 2 heterocycles. The van der Waals surface area contributed by atoms with Crippen LogP contribution in [-0.2, 0) is 15.0 Å². The van der Waals surface area contributed by atoms with Crippen molar-refractivity contribution in [3.05, 3.63) is 23.5 Å². The van der Waals surface area contributed by atoms with Crippen LogP contribution in [0.15, 0.2) is 12.1 Å². The van der Waals surface area contributed by atoms with E-state index in [1.807, 2.05) is 0 Å². The molecule has 130 valence electrons. The molecule has 0 aromatic heterocycles. The van der Waals surface area contributed by atoms with Crippen LogP contribution in [0.3, 0.4) is 0 Å². The summed E-state index contributed by atoms with van der Waals surface area (Å²) >= 11 is 0. The number of carbonyl (C=O) groups is 1. The predicted molar refractivity (Wildman–Crippen MR) is 84.4 cm³/mol. The lowest BCUT2D eigenvalue weighted by Crippen LogP contribution is -2.37. The molecule has 1 aromatic carbocycles. The van der Waals surface area contributed by atoms with Crippen molar-refractivity contribution in [2.75, 3.05) is 23.9 Å². The Morgan fingerprint density at radius 3 is 2.62 bits per heavy atom. The fourth-order valence-corrected chi connectivity index (χ4v) is 5.27. The number of anilines is 1. The zero-order valence-corrected chi connectivity index (χ0v) is 13.7. The average molecular weight is 355 g/mol. The molecule has 9 heteroatoms. The lowest BCUT2D eigenvalue weighted by molar-refractivity contribution is -0.117. The first-order chi connectivity index (χ1) is 11.3. The molecule has 3 aliphatic rings. The number of hydrogen-bond donors (Lipinski definition) is 3. The number of amides is 1. The van der Waals surface area contributed by atoms with Gasteiger partial charge in [0.15, 0.2) is 5.82 Å². The van der Waals surface area contributed by atoms with E-state index < -0.39 is 39.9 Å². The highest BCUT2D eigenvalue weighted by atomic mass is 32.2. The lowest BCUT2D eigenvalue weighted by atomic mass is 9.59. The van der Waals surface area contributed by atoms with Gasteiger partial charge in [-0.25, -0.2) is 13.4 Å². The summed E-state index contributed by atoms with van der Waals surface area (Å²) in [7, 11) is -4.15. The molecule has 0 unspecified atom stereocenters. The van der Waals surface area contributed by atoms with Gasteiger partial charge in [-0.2, -0.15) is 8.42 Å².